The number of ether oxygens (including phenoxy) is 2. The first-order valence-corrected chi connectivity index (χ1v) is 11.0. The van der Waals surface area contributed by atoms with Crippen molar-refractivity contribution in [3.8, 4) is 5.75 Å². The number of aryl methyl sites for hydroxylation is 1. The summed E-state index contributed by atoms with van der Waals surface area (Å²) >= 11 is 7.77. The quantitative estimate of drug-likeness (QED) is 0.519. The van der Waals surface area contributed by atoms with Gasteiger partial charge >= 0.3 is 0 Å². The number of benzene rings is 2. The van der Waals surface area contributed by atoms with Crippen LogP contribution in [-0.4, -0.2) is 36.8 Å². The molecule has 1 unspecified atom stereocenters. The topological polar surface area (TPSA) is 51.7 Å². The highest BCUT2D eigenvalue weighted by Crippen LogP contribution is 2.34. The molecule has 1 saturated heterocycles. The fraction of sp³-hybridized carbons (Fsp3) is 0.364. The molecule has 1 amide bonds. The van der Waals surface area contributed by atoms with Gasteiger partial charge in [0, 0.05) is 17.2 Å². The van der Waals surface area contributed by atoms with Gasteiger partial charge in [0.2, 0.25) is 0 Å². The van der Waals surface area contributed by atoms with Crippen molar-refractivity contribution < 1.29 is 14.3 Å². The normalized spacial score (nSPS) is 16.3. The number of rotatable bonds is 6. The van der Waals surface area contributed by atoms with Crippen molar-refractivity contribution in [3.63, 3.8) is 0 Å². The van der Waals surface area contributed by atoms with E-state index >= 15 is 0 Å². The Hall–Kier alpha value is -2.15. The number of amides is 1. The van der Waals surface area contributed by atoms with Crippen molar-refractivity contribution in [3.05, 3.63) is 52.5 Å². The Labute approximate surface area is 179 Å². The minimum atomic E-state index is -0.0913. The van der Waals surface area contributed by atoms with Crippen LogP contribution in [0.4, 0.5) is 5.13 Å². The molecular weight excluding hydrogens is 408 g/mol. The van der Waals surface area contributed by atoms with E-state index in [2.05, 4.69) is 0 Å². The maximum Gasteiger partial charge on any atom is 0.260 e. The van der Waals surface area contributed by atoms with Gasteiger partial charge in [-0.25, -0.2) is 4.98 Å². The molecule has 1 aliphatic heterocycles. The molecule has 1 aromatic heterocycles. The third-order valence-electron chi connectivity index (χ3n) is 5.04. The summed E-state index contributed by atoms with van der Waals surface area (Å²) in [7, 11) is 0. The number of aromatic nitrogens is 1. The van der Waals surface area contributed by atoms with Crippen LogP contribution in [0, 0.1) is 6.92 Å². The highest BCUT2D eigenvalue weighted by Gasteiger charge is 2.27. The van der Waals surface area contributed by atoms with Crippen LogP contribution in [0.5, 0.6) is 5.75 Å². The van der Waals surface area contributed by atoms with Gasteiger partial charge in [-0.15, -0.1) is 0 Å². The molecule has 0 bridgehead atoms. The van der Waals surface area contributed by atoms with Crippen molar-refractivity contribution in [2.75, 3.05) is 24.7 Å². The number of anilines is 1. The molecule has 1 fully saturated rings. The van der Waals surface area contributed by atoms with Crippen LogP contribution >= 0.6 is 22.9 Å². The monoisotopic (exact) mass is 430 g/mol. The van der Waals surface area contributed by atoms with Crippen LogP contribution in [0.25, 0.3) is 10.2 Å². The molecule has 1 aliphatic rings. The van der Waals surface area contributed by atoms with Gasteiger partial charge < -0.3 is 9.47 Å². The van der Waals surface area contributed by atoms with E-state index in [0.29, 0.717) is 28.9 Å². The van der Waals surface area contributed by atoms with Crippen LogP contribution in [-0.2, 0) is 4.74 Å². The molecule has 0 spiro atoms. The molecule has 152 valence electrons. The third-order valence-corrected chi connectivity index (χ3v) is 6.49. The molecule has 0 N–H and O–H groups in total. The summed E-state index contributed by atoms with van der Waals surface area (Å²) in [6.45, 7) is 5.70. The number of carbonyl (C=O) groups excluding carboxylic acids is 1. The second kappa shape index (κ2) is 8.69. The Morgan fingerprint density at radius 3 is 2.79 bits per heavy atom. The number of hydrogen-bond donors (Lipinski definition) is 0. The lowest BCUT2D eigenvalue weighted by Gasteiger charge is -2.23. The molecule has 5 nitrogen and oxygen atoms in total. The van der Waals surface area contributed by atoms with Crippen LogP contribution in [0.15, 0.2) is 36.4 Å². The van der Waals surface area contributed by atoms with E-state index in [1.807, 2.05) is 38.1 Å². The molecular formula is C22H23ClN2O3S. The summed E-state index contributed by atoms with van der Waals surface area (Å²) < 4.78 is 12.3. The van der Waals surface area contributed by atoms with Crippen molar-refractivity contribution in [2.24, 2.45) is 0 Å². The highest BCUT2D eigenvalue weighted by molar-refractivity contribution is 7.22. The first-order chi connectivity index (χ1) is 14.1. The lowest BCUT2D eigenvalue weighted by molar-refractivity contribution is 0.0917. The fourth-order valence-electron chi connectivity index (χ4n) is 3.46. The van der Waals surface area contributed by atoms with Gasteiger partial charge in [-0.1, -0.05) is 22.9 Å². The number of nitrogens with zero attached hydrogens (tertiary/aromatic N) is 2. The molecule has 29 heavy (non-hydrogen) atoms. The Balaban J connectivity index is 1.69. The average molecular weight is 431 g/mol. The van der Waals surface area contributed by atoms with Gasteiger partial charge in [-0.3, -0.25) is 9.69 Å². The first kappa shape index (κ1) is 20.1. The van der Waals surface area contributed by atoms with Crippen molar-refractivity contribution >= 4 is 44.2 Å². The van der Waals surface area contributed by atoms with Crippen molar-refractivity contribution in [1.29, 1.82) is 0 Å². The average Bonchev–Trinajstić information content (AvgIpc) is 3.39. The number of hydrogen-bond acceptors (Lipinski definition) is 5. The Bertz CT molecular complexity index is 1010. The maximum absolute atomic E-state index is 13.4. The van der Waals surface area contributed by atoms with E-state index < -0.39 is 0 Å². The second-order valence-corrected chi connectivity index (χ2v) is 8.44. The summed E-state index contributed by atoms with van der Waals surface area (Å²) in [5, 5.41) is 1.35. The van der Waals surface area contributed by atoms with Gasteiger partial charge in [0.15, 0.2) is 5.13 Å². The Morgan fingerprint density at radius 1 is 1.31 bits per heavy atom. The second-order valence-electron chi connectivity index (χ2n) is 7.02. The molecule has 0 radical (unpaired) electrons. The van der Waals surface area contributed by atoms with Crippen molar-refractivity contribution in [1.82, 2.24) is 4.98 Å². The Morgan fingerprint density at radius 2 is 2.10 bits per heavy atom. The lowest BCUT2D eigenvalue weighted by Crippen LogP contribution is -2.37. The minimum absolute atomic E-state index is 0.0262. The van der Waals surface area contributed by atoms with Gasteiger partial charge in [-0.2, -0.15) is 0 Å². The zero-order chi connectivity index (χ0) is 20.4. The van der Waals surface area contributed by atoms with Gasteiger partial charge in [0.25, 0.3) is 5.91 Å². The summed E-state index contributed by atoms with van der Waals surface area (Å²) in [5.74, 6) is 0.659. The SMILES string of the molecule is CCOc1ccc(C(=O)N(CC2CCCO2)c2nc3c(C)c(Cl)ccc3s2)cc1. The standard InChI is InChI=1S/C22H23ClN2O3S/c1-3-27-16-8-6-15(7-9-16)21(26)25(13-17-5-4-12-28-17)22-24-20-14(2)18(23)10-11-19(20)29-22/h6-11,17H,3-5,12-13H2,1-2H3. The van der Waals surface area contributed by atoms with E-state index in [1.165, 1.54) is 11.3 Å². The van der Waals surface area contributed by atoms with E-state index in [-0.39, 0.29) is 12.0 Å². The number of carbonyl (C=O) groups is 1. The zero-order valence-corrected chi connectivity index (χ0v) is 18.1. The third kappa shape index (κ3) is 4.25. The largest absolute Gasteiger partial charge is 0.494 e. The van der Waals surface area contributed by atoms with Gasteiger partial charge in [0.1, 0.15) is 5.75 Å². The molecule has 2 heterocycles. The van der Waals surface area contributed by atoms with Crippen LogP contribution in [0.2, 0.25) is 5.02 Å². The zero-order valence-electron chi connectivity index (χ0n) is 16.5. The lowest BCUT2D eigenvalue weighted by atomic mass is 10.1. The molecule has 2 aromatic carbocycles. The molecule has 4 rings (SSSR count). The van der Waals surface area contributed by atoms with E-state index in [0.717, 1.165) is 41.0 Å². The van der Waals surface area contributed by atoms with Crippen LogP contribution < -0.4 is 9.64 Å². The van der Waals surface area contributed by atoms with Crippen LogP contribution in [0.1, 0.15) is 35.7 Å². The predicted octanol–water partition coefficient (Wildman–Crippen LogP) is 5.48. The van der Waals surface area contributed by atoms with Gasteiger partial charge in [0.05, 0.1) is 29.5 Å². The summed E-state index contributed by atoms with van der Waals surface area (Å²) in [6.07, 6.45) is 1.99. The Kier molecular flexibility index (Phi) is 6.04. The first-order valence-electron chi connectivity index (χ1n) is 9.78. The van der Waals surface area contributed by atoms with E-state index in [1.54, 1.807) is 17.0 Å². The van der Waals surface area contributed by atoms with Crippen molar-refractivity contribution in [2.45, 2.75) is 32.8 Å². The fourth-order valence-corrected chi connectivity index (χ4v) is 4.65. The van der Waals surface area contributed by atoms with E-state index in [9.17, 15) is 4.79 Å². The number of fused-ring (bicyclic) bond motifs is 1. The predicted molar refractivity (Wildman–Crippen MR) is 118 cm³/mol. The molecule has 1 atom stereocenters. The summed E-state index contributed by atoms with van der Waals surface area (Å²) in [6, 6.07) is 11.1. The maximum atomic E-state index is 13.4. The van der Waals surface area contributed by atoms with Crippen LogP contribution in [0.3, 0.4) is 0 Å². The number of thiazole rings is 1. The molecule has 0 aliphatic carbocycles. The molecule has 3 aromatic rings. The number of halogens is 1. The smallest absolute Gasteiger partial charge is 0.260 e. The minimum Gasteiger partial charge on any atom is -0.494 e. The summed E-state index contributed by atoms with van der Waals surface area (Å²) in [4.78, 5) is 19.9. The summed E-state index contributed by atoms with van der Waals surface area (Å²) in [5.41, 5.74) is 2.37. The molecule has 0 saturated carbocycles. The van der Waals surface area contributed by atoms with E-state index in [4.69, 9.17) is 26.1 Å². The van der Waals surface area contributed by atoms with Gasteiger partial charge in [-0.05, 0) is 68.7 Å². The molecule has 7 heteroatoms. The highest BCUT2D eigenvalue weighted by atomic mass is 35.5.